The molecule has 0 spiro atoms. The maximum atomic E-state index is 11.5. The van der Waals surface area contributed by atoms with E-state index in [0.717, 1.165) is 6.42 Å². The Morgan fingerprint density at radius 3 is 2.25 bits per heavy atom. The average molecular weight is 265 g/mol. The minimum atomic E-state index is -1.03. The molecule has 94 valence electrons. The summed E-state index contributed by atoms with van der Waals surface area (Å²) in [6, 6.07) is 0. The first kappa shape index (κ1) is 15.6. The van der Waals surface area contributed by atoms with Gasteiger partial charge in [-0.3, -0.25) is 9.59 Å². The second kappa shape index (κ2) is 7.84. The van der Waals surface area contributed by atoms with Gasteiger partial charge in [-0.1, -0.05) is 13.8 Å². The van der Waals surface area contributed by atoms with Crippen molar-refractivity contribution >= 4 is 37.1 Å². The zero-order valence-corrected chi connectivity index (χ0v) is 11.3. The van der Waals surface area contributed by atoms with Crippen molar-refractivity contribution in [3.8, 4) is 0 Å². The third kappa shape index (κ3) is 7.00. The molecule has 0 aliphatic rings. The van der Waals surface area contributed by atoms with Gasteiger partial charge >= 0.3 is 5.97 Å². The maximum Gasteiger partial charge on any atom is 0.316 e. The van der Waals surface area contributed by atoms with Crippen LogP contribution in [0.25, 0.3) is 0 Å². The zero-order chi connectivity index (χ0) is 12.7. The molecule has 0 bridgehead atoms. The predicted molar refractivity (Wildman–Crippen MR) is 70.3 cm³/mol. The molecule has 0 aliphatic heterocycles. The Bertz CT molecular complexity index is 246. The fraction of sp³-hybridized carbons (Fsp3) is 0.800. The van der Waals surface area contributed by atoms with Gasteiger partial charge in [-0.15, -0.1) is 0 Å². The van der Waals surface area contributed by atoms with Gasteiger partial charge in [-0.25, -0.2) is 0 Å². The molecule has 0 aromatic rings. The maximum absolute atomic E-state index is 11.5. The van der Waals surface area contributed by atoms with E-state index in [9.17, 15) is 9.59 Å². The average Bonchev–Trinajstić information content (AvgIpc) is 2.16. The van der Waals surface area contributed by atoms with Gasteiger partial charge < -0.3 is 10.4 Å². The summed E-state index contributed by atoms with van der Waals surface area (Å²) in [6.45, 7) is 4.73. The van der Waals surface area contributed by atoms with Crippen molar-refractivity contribution in [2.45, 2.75) is 37.2 Å². The number of aliphatic carboxylic acids is 1. The number of thiol groups is 2. The largest absolute Gasteiger partial charge is 0.480 e. The third-order valence-corrected chi connectivity index (χ3v) is 2.93. The Morgan fingerprint density at radius 1 is 1.25 bits per heavy atom. The summed E-state index contributed by atoms with van der Waals surface area (Å²) < 4.78 is 0. The fourth-order valence-corrected chi connectivity index (χ4v) is 1.70. The van der Waals surface area contributed by atoms with Crippen molar-refractivity contribution in [2.24, 2.45) is 5.92 Å². The van der Waals surface area contributed by atoms with Crippen LogP contribution in [0.15, 0.2) is 0 Å². The molecule has 0 rings (SSSR count). The second-order valence-electron chi connectivity index (χ2n) is 4.08. The standard InChI is InChI=1S/C10H19NO3S2/c1-6(2)3-4-11-9(12)7(15)5-8(16)10(13)14/h6-8,15-16H,3-5H2,1-2H3,(H,11,12)(H,13,14). The van der Waals surface area contributed by atoms with Crippen LogP contribution in [0.2, 0.25) is 0 Å². The van der Waals surface area contributed by atoms with Gasteiger partial charge in [0.1, 0.15) is 5.25 Å². The highest BCUT2D eigenvalue weighted by Crippen LogP contribution is 2.11. The Balaban J connectivity index is 3.86. The Labute approximate surface area is 107 Å². The quantitative estimate of drug-likeness (QED) is 0.523. The summed E-state index contributed by atoms with van der Waals surface area (Å²) in [4.78, 5) is 22.0. The minimum Gasteiger partial charge on any atom is -0.480 e. The van der Waals surface area contributed by atoms with Gasteiger partial charge in [0.15, 0.2) is 0 Å². The SMILES string of the molecule is CC(C)CCNC(=O)C(S)CC(S)C(=O)O. The van der Waals surface area contributed by atoms with Crippen LogP contribution in [0.5, 0.6) is 0 Å². The van der Waals surface area contributed by atoms with Crippen LogP contribution in [0.4, 0.5) is 0 Å². The molecule has 6 heteroatoms. The molecular weight excluding hydrogens is 246 g/mol. The number of hydrogen-bond acceptors (Lipinski definition) is 4. The van der Waals surface area contributed by atoms with E-state index in [2.05, 4.69) is 44.4 Å². The molecule has 16 heavy (non-hydrogen) atoms. The molecule has 0 fully saturated rings. The van der Waals surface area contributed by atoms with Crippen LogP contribution >= 0.6 is 25.3 Å². The number of carboxylic acid groups (broad SMARTS) is 1. The molecule has 0 aromatic heterocycles. The number of rotatable bonds is 7. The summed E-state index contributed by atoms with van der Waals surface area (Å²) in [7, 11) is 0. The van der Waals surface area contributed by atoms with E-state index >= 15 is 0 Å². The lowest BCUT2D eigenvalue weighted by molar-refractivity contribution is -0.136. The molecule has 0 radical (unpaired) electrons. The van der Waals surface area contributed by atoms with Crippen LogP contribution in [0.1, 0.15) is 26.7 Å². The van der Waals surface area contributed by atoms with Gasteiger partial charge in [0.25, 0.3) is 0 Å². The lowest BCUT2D eigenvalue weighted by Gasteiger charge is -2.13. The molecule has 0 saturated heterocycles. The number of amides is 1. The topological polar surface area (TPSA) is 66.4 Å². The van der Waals surface area contributed by atoms with Crippen molar-refractivity contribution in [2.75, 3.05) is 6.54 Å². The lowest BCUT2D eigenvalue weighted by atomic mass is 10.1. The molecule has 1 amide bonds. The number of hydrogen-bond donors (Lipinski definition) is 4. The monoisotopic (exact) mass is 265 g/mol. The number of carbonyl (C=O) groups excluding carboxylic acids is 1. The first-order valence-electron chi connectivity index (χ1n) is 5.21. The minimum absolute atomic E-state index is 0.120. The highest BCUT2D eigenvalue weighted by Gasteiger charge is 2.21. The first-order chi connectivity index (χ1) is 7.34. The molecule has 0 saturated carbocycles. The van der Waals surface area contributed by atoms with Gasteiger partial charge in [0, 0.05) is 6.54 Å². The van der Waals surface area contributed by atoms with E-state index in [-0.39, 0.29) is 12.3 Å². The van der Waals surface area contributed by atoms with Gasteiger partial charge in [0.2, 0.25) is 5.91 Å². The summed E-state index contributed by atoms with van der Waals surface area (Å²) >= 11 is 7.91. The number of carbonyl (C=O) groups is 2. The summed E-state index contributed by atoms with van der Waals surface area (Å²) in [6.07, 6.45) is 1.02. The van der Waals surface area contributed by atoms with Crippen molar-refractivity contribution in [1.82, 2.24) is 5.32 Å². The van der Waals surface area contributed by atoms with E-state index in [1.807, 2.05) is 0 Å². The van der Waals surface area contributed by atoms with Gasteiger partial charge in [-0.2, -0.15) is 25.3 Å². The number of nitrogens with one attached hydrogen (secondary N) is 1. The van der Waals surface area contributed by atoms with Gasteiger partial charge in [0.05, 0.1) is 5.25 Å². The van der Waals surface area contributed by atoms with Crippen LogP contribution < -0.4 is 5.32 Å². The van der Waals surface area contributed by atoms with E-state index in [4.69, 9.17) is 5.11 Å². The van der Waals surface area contributed by atoms with E-state index in [1.165, 1.54) is 0 Å². The van der Waals surface area contributed by atoms with Crippen molar-refractivity contribution in [1.29, 1.82) is 0 Å². The summed E-state index contributed by atoms with van der Waals surface area (Å²) in [5.41, 5.74) is 0. The molecule has 2 N–H and O–H groups in total. The van der Waals surface area contributed by atoms with Crippen molar-refractivity contribution in [3.63, 3.8) is 0 Å². The first-order valence-corrected chi connectivity index (χ1v) is 6.24. The van der Waals surface area contributed by atoms with Crippen LogP contribution in [-0.2, 0) is 9.59 Å². The third-order valence-electron chi connectivity index (χ3n) is 2.06. The van der Waals surface area contributed by atoms with Crippen LogP contribution in [0, 0.1) is 5.92 Å². The molecule has 0 aromatic carbocycles. The molecule has 0 heterocycles. The lowest BCUT2D eigenvalue weighted by Crippen LogP contribution is -2.35. The molecule has 2 unspecified atom stereocenters. The molecule has 0 aliphatic carbocycles. The smallest absolute Gasteiger partial charge is 0.316 e. The predicted octanol–water partition coefficient (Wildman–Crippen LogP) is 1.22. The highest BCUT2D eigenvalue weighted by atomic mass is 32.1. The molecular formula is C10H19NO3S2. The molecule has 2 atom stereocenters. The van der Waals surface area contributed by atoms with E-state index in [1.54, 1.807) is 0 Å². The number of carboxylic acids is 1. The fourth-order valence-electron chi connectivity index (χ4n) is 1.02. The molecule has 4 nitrogen and oxygen atoms in total. The summed E-state index contributed by atoms with van der Waals surface area (Å²) in [5, 5.41) is 9.87. The zero-order valence-electron chi connectivity index (χ0n) is 9.51. The van der Waals surface area contributed by atoms with E-state index in [0.29, 0.717) is 12.5 Å². The van der Waals surface area contributed by atoms with Crippen molar-refractivity contribution in [3.05, 3.63) is 0 Å². The van der Waals surface area contributed by atoms with E-state index < -0.39 is 16.5 Å². The van der Waals surface area contributed by atoms with Gasteiger partial charge in [-0.05, 0) is 18.8 Å². The van der Waals surface area contributed by atoms with Crippen LogP contribution in [0.3, 0.4) is 0 Å². The summed E-state index contributed by atoms with van der Waals surface area (Å²) in [5.74, 6) is -0.739. The Kier molecular flexibility index (Phi) is 7.66. The normalized spacial score (nSPS) is 14.6. The highest BCUT2D eigenvalue weighted by molar-refractivity contribution is 7.82. The Hall–Kier alpha value is -0.360. The van der Waals surface area contributed by atoms with Crippen LogP contribution in [-0.4, -0.2) is 34.0 Å². The Morgan fingerprint density at radius 2 is 1.81 bits per heavy atom. The van der Waals surface area contributed by atoms with Crippen molar-refractivity contribution < 1.29 is 14.7 Å². The second-order valence-corrected chi connectivity index (χ2v) is 5.33.